The van der Waals surface area contributed by atoms with Crippen LogP contribution in [0.25, 0.3) is 22.3 Å². The van der Waals surface area contributed by atoms with Crippen LogP contribution in [0, 0.1) is 38.0 Å². The molecule has 5 rings (SSSR count). The molecular weight excluding hydrogens is 440 g/mol. The van der Waals surface area contributed by atoms with Gasteiger partial charge in [-0.15, -0.1) is 6.42 Å². The van der Waals surface area contributed by atoms with Gasteiger partial charge in [-0.25, -0.2) is 24.9 Å². The van der Waals surface area contributed by atoms with E-state index < -0.39 is 6.04 Å². The SMILES string of the molecule is C#Cc1cc(C)c(-c2c(C3C#CC=C(Oc4nccc(C)n4)C=N3)c3c(N)ncnc3n2C)cn1. The fourth-order valence-corrected chi connectivity index (χ4v) is 3.98. The number of pyridine rings is 1. The van der Waals surface area contributed by atoms with E-state index in [0.29, 0.717) is 28.3 Å². The van der Waals surface area contributed by atoms with E-state index in [-0.39, 0.29) is 6.01 Å². The predicted octanol–water partition coefficient (Wildman–Crippen LogP) is 3.09. The van der Waals surface area contributed by atoms with E-state index in [1.165, 1.54) is 6.33 Å². The molecule has 0 saturated carbocycles. The molecule has 0 saturated heterocycles. The molecule has 9 nitrogen and oxygen atoms in total. The molecule has 0 aromatic carbocycles. The number of aromatic nitrogens is 6. The van der Waals surface area contributed by atoms with E-state index in [9.17, 15) is 0 Å². The Morgan fingerprint density at radius 1 is 1.20 bits per heavy atom. The first-order chi connectivity index (χ1) is 17.0. The van der Waals surface area contributed by atoms with Crippen LogP contribution in [-0.2, 0) is 7.05 Å². The summed E-state index contributed by atoms with van der Waals surface area (Å²) in [5, 5.41) is 0.688. The summed E-state index contributed by atoms with van der Waals surface area (Å²) in [6.45, 7) is 3.84. The van der Waals surface area contributed by atoms with Crippen LogP contribution >= 0.6 is 0 Å². The van der Waals surface area contributed by atoms with Crippen LogP contribution in [0.4, 0.5) is 5.82 Å². The highest BCUT2D eigenvalue weighted by Gasteiger charge is 2.27. The summed E-state index contributed by atoms with van der Waals surface area (Å²) in [6.07, 6.45) is 13.6. The Labute approximate surface area is 201 Å². The Morgan fingerprint density at radius 2 is 2.06 bits per heavy atom. The minimum absolute atomic E-state index is 0.224. The second kappa shape index (κ2) is 8.73. The molecule has 0 bridgehead atoms. The molecule has 2 N–H and O–H groups in total. The lowest BCUT2D eigenvalue weighted by Crippen LogP contribution is -2.03. The first-order valence-corrected chi connectivity index (χ1v) is 10.7. The maximum atomic E-state index is 6.33. The second-order valence-corrected chi connectivity index (χ2v) is 7.91. The summed E-state index contributed by atoms with van der Waals surface area (Å²) in [7, 11) is 1.91. The van der Waals surface area contributed by atoms with E-state index in [0.717, 1.165) is 28.1 Å². The molecule has 170 valence electrons. The number of hydrogen-bond acceptors (Lipinski definition) is 8. The normalized spacial score (nSPS) is 14.6. The van der Waals surface area contributed by atoms with Crippen LogP contribution in [0.15, 0.2) is 47.7 Å². The quantitative estimate of drug-likeness (QED) is 0.465. The third-order valence-corrected chi connectivity index (χ3v) is 5.59. The Balaban J connectivity index is 1.63. The van der Waals surface area contributed by atoms with Gasteiger partial charge in [0.1, 0.15) is 29.5 Å². The van der Waals surface area contributed by atoms with Crippen molar-refractivity contribution >= 4 is 23.1 Å². The number of anilines is 1. The fourth-order valence-electron chi connectivity index (χ4n) is 3.98. The van der Waals surface area contributed by atoms with Gasteiger partial charge in [0.15, 0.2) is 5.76 Å². The van der Waals surface area contributed by atoms with E-state index in [2.05, 4.69) is 42.7 Å². The summed E-state index contributed by atoms with van der Waals surface area (Å²) in [6, 6.07) is 3.31. The predicted molar refractivity (Wildman–Crippen MR) is 133 cm³/mol. The zero-order valence-electron chi connectivity index (χ0n) is 19.3. The van der Waals surface area contributed by atoms with E-state index in [1.807, 2.05) is 31.5 Å². The molecule has 0 aliphatic carbocycles. The second-order valence-electron chi connectivity index (χ2n) is 7.91. The van der Waals surface area contributed by atoms with Crippen LogP contribution in [0.3, 0.4) is 0 Å². The van der Waals surface area contributed by atoms with Crippen molar-refractivity contribution in [3.63, 3.8) is 0 Å². The van der Waals surface area contributed by atoms with Gasteiger partial charge in [0.2, 0.25) is 0 Å². The standard InChI is InChI=1S/C26H20N8O/c1-5-17-11-15(2)19(13-29-17)23-21(22-24(27)31-14-32-25(22)34(23)4)20-8-6-7-18(12-30-20)35-26-28-10-9-16(3)33-26/h1,7,9-14,20H,2-4H3,(H2,27,31,32). The lowest BCUT2D eigenvalue weighted by atomic mass is 9.98. The molecule has 4 aromatic rings. The molecule has 35 heavy (non-hydrogen) atoms. The smallest absolute Gasteiger partial charge is 0.322 e. The van der Waals surface area contributed by atoms with E-state index >= 15 is 0 Å². The van der Waals surface area contributed by atoms with Crippen molar-refractivity contribution < 1.29 is 4.74 Å². The van der Waals surface area contributed by atoms with Crippen molar-refractivity contribution in [1.29, 1.82) is 0 Å². The average Bonchev–Trinajstić information content (AvgIpc) is 2.98. The van der Waals surface area contributed by atoms with Crippen molar-refractivity contribution in [2.24, 2.45) is 12.0 Å². The van der Waals surface area contributed by atoms with Crippen molar-refractivity contribution in [3.05, 3.63) is 65.2 Å². The first-order valence-electron chi connectivity index (χ1n) is 10.7. The van der Waals surface area contributed by atoms with Gasteiger partial charge in [0, 0.05) is 42.3 Å². The molecule has 0 radical (unpaired) electrons. The largest absolute Gasteiger partial charge is 0.422 e. The third kappa shape index (κ3) is 3.96. The van der Waals surface area contributed by atoms with Gasteiger partial charge >= 0.3 is 6.01 Å². The number of terminal acetylenes is 1. The first kappa shape index (κ1) is 21.8. The number of nitrogen functional groups attached to an aromatic ring is 1. The highest BCUT2D eigenvalue weighted by Crippen LogP contribution is 2.40. The van der Waals surface area contributed by atoms with E-state index in [1.54, 1.807) is 30.8 Å². The highest BCUT2D eigenvalue weighted by molar-refractivity contribution is 5.97. The van der Waals surface area contributed by atoms with Gasteiger partial charge in [0.05, 0.1) is 17.3 Å². The molecule has 0 amide bonds. The van der Waals surface area contributed by atoms with Crippen molar-refractivity contribution in [2.75, 3.05) is 5.73 Å². The van der Waals surface area contributed by atoms with Crippen molar-refractivity contribution in [1.82, 2.24) is 29.5 Å². The van der Waals surface area contributed by atoms with E-state index in [4.69, 9.17) is 21.9 Å². The van der Waals surface area contributed by atoms with Crippen LogP contribution in [0.1, 0.15) is 28.6 Å². The number of fused-ring (bicyclic) bond motifs is 1. The zero-order valence-corrected chi connectivity index (χ0v) is 19.3. The summed E-state index contributed by atoms with van der Waals surface area (Å²) in [5.74, 6) is 9.56. The summed E-state index contributed by atoms with van der Waals surface area (Å²) in [4.78, 5) is 26.2. The summed E-state index contributed by atoms with van der Waals surface area (Å²) >= 11 is 0. The van der Waals surface area contributed by atoms with Gasteiger partial charge in [-0.3, -0.25) is 4.99 Å². The molecule has 1 unspecified atom stereocenters. The Bertz CT molecular complexity index is 1650. The zero-order chi connectivity index (χ0) is 24.5. The third-order valence-electron chi connectivity index (χ3n) is 5.59. The average molecular weight is 461 g/mol. The number of nitrogens with two attached hydrogens (primary N) is 1. The fraction of sp³-hybridized carbons (Fsp3) is 0.154. The van der Waals surface area contributed by atoms with Crippen LogP contribution in [0.5, 0.6) is 6.01 Å². The molecule has 5 heterocycles. The van der Waals surface area contributed by atoms with Crippen LogP contribution < -0.4 is 10.5 Å². The Morgan fingerprint density at radius 3 is 2.83 bits per heavy atom. The van der Waals surface area contributed by atoms with Gasteiger partial charge in [0.25, 0.3) is 0 Å². The minimum atomic E-state index is -0.565. The van der Waals surface area contributed by atoms with Crippen LogP contribution in [0.2, 0.25) is 0 Å². The summed E-state index contributed by atoms with van der Waals surface area (Å²) in [5.41, 5.74) is 11.8. The minimum Gasteiger partial charge on any atom is -0.422 e. The number of allylic oxidation sites excluding steroid dienone is 2. The molecule has 0 spiro atoms. The number of aryl methyl sites for hydroxylation is 3. The topological polar surface area (TPSA) is 117 Å². The monoisotopic (exact) mass is 460 g/mol. The molecular formula is C26H20N8O. The molecule has 1 atom stereocenters. The molecule has 1 aliphatic rings. The number of aliphatic imine (C=N–C) groups is 1. The van der Waals surface area contributed by atoms with Crippen molar-refractivity contribution in [3.8, 4) is 41.5 Å². The maximum Gasteiger partial charge on any atom is 0.322 e. The van der Waals surface area contributed by atoms with Gasteiger partial charge < -0.3 is 15.0 Å². The summed E-state index contributed by atoms with van der Waals surface area (Å²) < 4.78 is 7.73. The van der Waals surface area contributed by atoms with Gasteiger partial charge in [-0.05, 0) is 31.5 Å². The van der Waals surface area contributed by atoms with Crippen LogP contribution in [-0.4, -0.2) is 35.7 Å². The molecule has 9 heteroatoms. The molecule has 1 aliphatic heterocycles. The van der Waals surface area contributed by atoms with Gasteiger partial charge in [-0.1, -0.05) is 17.8 Å². The Kier molecular flexibility index (Phi) is 5.44. The maximum absolute atomic E-state index is 6.33. The number of rotatable bonds is 4. The number of nitrogens with zero attached hydrogens (tertiary/aromatic N) is 7. The lowest BCUT2D eigenvalue weighted by Gasteiger charge is -2.13. The van der Waals surface area contributed by atoms with Crippen molar-refractivity contribution in [2.45, 2.75) is 19.9 Å². The van der Waals surface area contributed by atoms with Gasteiger partial charge in [-0.2, -0.15) is 0 Å². The molecule has 4 aromatic heterocycles. The lowest BCUT2D eigenvalue weighted by molar-refractivity contribution is 0.417. The Hall–Kier alpha value is -5.02. The highest BCUT2D eigenvalue weighted by atomic mass is 16.5. The molecule has 0 fully saturated rings. The number of ether oxygens (including phenoxy) is 1. The number of hydrogen-bond donors (Lipinski definition) is 1.